The molecule has 1 aliphatic heterocycles. The number of rotatable bonds is 5. The van der Waals surface area contributed by atoms with Crippen LogP contribution in [0.3, 0.4) is 0 Å². The van der Waals surface area contributed by atoms with Gasteiger partial charge in [-0.25, -0.2) is 18.4 Å². The van der Waals surface area contributed by atoms with Crippen LogP contribution in [0.25, 0.3) is 0 Å². The van der Waals surface area contributed by atoms with Gasteiger partial charge in [-0.15, -0.1) is 5.10 Å². The van der Waals surface area contributed by atoms with Gasteiger partial charge in [-0.05, 0) is 48.5 Å². The maximum Gasteiger partial charge on any atom is 0.284 e. The molecule has 0 aliphatic carbocycles. The van der Waals surface area contributed by atoms with E-state index in [9.17, 15) is 13.2 Å². The van der Waals surface area contributed by atoms with Crippen molar-refractivity contribution >= 4 is 43.9 Å². The van der Waals surface area contributed by atoms with Crippen LogP contribution in [0.5, 0.6) is 0 Å². The van der Waals surface area contributed by atoms with Crippen LogP contribution in [-0.4, -0.2) is 35.9 Å². The van der Waals surface area contributed by atoms with Crippen LogP contribution in [0.2, 0.25) is 5.02 Å². The second-order valence-electron chi connectivity index (χ2n) is 6.35. The van der Waals surface area contributed by atoms with E-state index in [1.54, 1.807) is 36.5 Å². The number of hydrogen-bond donors (Lipinski definition) is 1. The lowest BCUT2D eigenvalue weighted by Gasteiger charge is -2.26. The number of anilines is 2. The van der Waals surface area contributed by atoms with Crippen LogP contribution in [0.4, 0.5) is 11.5 Å². The number of hydrogen-bond acceptors (Lipinski definition) is 7. The number of carbonyl (C=O) groups is 1. The fourth-order valence-electron chi connectivity index (χ4n) is 2.90. The topological polar surface area (TPSA) is 105 Å². The molecule has 152 valence electrons. The second-order valence-corrected chi connectivity index (χ2v) is 8.62. The van der Waals surface area contributed by atoms with Crippen molar-refractivity contribution in [3.63, 3.8) is 0 Å². The Kier molecular flexibility index (Phi) is 5.47. The zero-order chi connectivity index (χ0) is 21.1. The molecule has 10 heteroatoms. The van der Waals surface area contributed by atoms with Gasteiger partial charge in [-0.1, -0.05) is 17.7 Å². The molecule has 0 spiro atoms. The van der Waals surface area contributed by atoms with Gasteiger partial charge in [0.05, 0.1) is 5.69 Å². The Morgan fingerprint density at radius 2 is 1.77 bits per heavy atom. The highest BCUT2D eigenvalue weighted by Crippen LogP contribution is 2.35. The molecule has 0 bridgehead atoms. The lowest BCUT2D eigenvalue weighted by Crippen LogP contribution is -2.41. The van der Waals surface area contributed by atoms with E-state index in [-0.39, 0.29) is 17.3 Å². The molecule has 1 amide bonds. The highest BCUT2D eigenvalue weighted by molar-refractivity contribution is 8.08. The average Bonchev–Trinajstić information content (AvgIpc) is 2.75. The molecule has 0 radical (unpaired) electrons. The van der Waals surface area contributed by atoms with Gasteiger partial charge in [0.25, 0.3) is 5.91 Å². The van der Waals surface area contributed by atoms with Gasteiger partial charge in [0.2, 0.25) is 14.9 Å². The minimum absolute atomic E-state index is 0.0928. The highest BCUT2D eigenvalue weighted by atomic mass is 35.5. The molecule has 3 aromatic rings. The van der Waals surface area contributed by atoms with E-state index in [1.165, 1.54) is 23.3 Å². The van der Waals surface area contributed by atoms with Crippen LogP contribution in [-0.2, 0) is 21.1 Å². The summed E-state index contributed by atoms with van der Waals surface area (Å²) in [5.74, 6) is -0.677. The first-order valence-corrected chi connectivity index (χ1v) is 10.9. The third-order valence-corrected chi connectivity index (χ3v) is 6.27. The van der Waals surface area contributed by atoms with Crippen LogP contribution in [0, 0.1) is 0 Å². The van der Waals surface area contributed by atoms with Gasteiger partial charge in [-0.2, -0.15) is 0 Å². The van der Waals surface area contributed by atoms with Crippen molar-refractivity contribution in [2.24, 2.45) is 5.10 Å². The number of nitrogens with zero attached hydrogens (tertiary/aromatic N) is 4. The van der Waals surface area contributed by atoms with Gasteiger partial charge in [0.1, 0.15) is 4.90 Å². The minimum Gasteiger partial charge on any atom is -0.350 e. The first-order chi connectivity index (χ1) is 14.5. The SMILES string of the molecule is O=C(NCCc1ccccn1)C1=NN(c2ccc(Cl)cc2)c2ncccc2S1(=O)=O. The standard InChI is InChI=1S/C20H16ClN5O3S/c21-14-6-8-16(9-7-14)26-18-17(5-3-12-23-18)30(28,29)20(25-26)19(27)24-13-10-15-4-1-2-11-22-15/h1-9,11-12H,10,13H2,(H,24,27). The Labute approximate surface area is 178 Å². The minimum atomic E-state index is -4.13. The number of amides is 1. The molecular weight excluding hydrogens is 426 g/mol. The van der Waals surface area contributed by atoms with Gasteiger partial charge >= 0.3 is 0 Å². The highest BCUT2D eigenvalue weighted by Gasteiger charge is 2.38. The number of benzene rings is 1. The summed E-state index contributed by atoms with van der Waals surface area (Å²) < 4.78 is 26.0. The number of halogens is 1. The third kappa shape index (κ3) is 3.89. The summed E-state index contributed by atoms with van der Waals surface area (Å²) in [6.07, 6.45) is 3.57. The molecule has 3 heterocycles. The van der Waals surface area contributed by atoms with Crippen LogP contribution in [0.15, 0.2) is 77.0 Å². The quantitative estimate of drug-likeness (QED) is 0.652. The Hall–Kier alpha value is -3.30. The molecule has 0 atom stereocenters. The number of nitrogens with one attached hydrogen (secondary N) is 1. The molecule has 1 aromatic carbocycles. The van der Waals surface area contributed by atoms with Gasteiger partial charge in [-0.3, -0.25) is 9.78 Å². The zero-order valence-electron chi connectivity index (χ0n) is 15.6. The van der Waals surface area contributed by atoms with Crippen molar-refractivity contribution in [3.8, 4) is 0 Å². The van der Waals surface area contributed by atoms with E-state index in [2.05, 4.69) is 20.4 Å². The van der Waals surface area contributed by atoms with Crippen molar-refractivity contribution in [2.75, 3.05) is 11.6 Å². The lowest BCUT2D eigenvalue weighted by molar-refractivity contribution is -0.114. The number of aromatic nitrogens is 2. The smallest absolute Gasteiger partial charge is 0.284 e. The molecule has 30 heavy (non-hydrogen) atoms. The van der Waals surface area contributed by atoms with Gasteiger partial charge < -0.3 is 5.32 Å². The van der Waals surface area contributed by atoms with E-state index in [0.29, 0.717) is 17.1 Å². The summed E-state index contributed by atoms with van der Waals surface area (Å²) >= 11 is 5.95. The molecule has 4 rings (SSSR count). The predicted octanol–water partition coefficient (Wildman–Crippen LogP) is 2.73. The molecule has 0 saturated carbocycles. The lowest BCUT2D eigenvalue weighted by atomic mass is 10.3. The monoisotopic (exact) mass is 441 g/mol. The molecule has 2 aromatic heterocycles. The zero-order valence-corrected chi connectivity index (χ0v) is 17.1. The fourth-order valence-corrected chi connectivity index (χ4v) is 4.38. The van der Waals surface area contributed by atoms with Crippen LogP contribution in [0.1, 0.15) is 5.69 Å². The van der Waals surface area contributed by atoms with Crippen molar-refractivity contribution in [3.05, 3.63) is 77.7 Å². The number of fused-ring (bicyclic) bond motifs is 1. The summed E-state index contributed by atoms with van der Waals surface area (Å²) in [7, 11) is -4.13. The predicted molar refractivity (Wildman–Crippen MR) is 113 cm³/mol. The van der Waals surface area contributed by atoms with Crippen LogP contribution < -0.4 is 10.3 Å². The van der Waals surface area contributed by atoms with Crippen molar-refractivity contribution in [2.45, 2.75) is 11.3 Å². The number of pyridine rings is 2. The first kappa shape index (κ1) is 20.0. The van der Waals surface area contributed by atoms with Crippen molar-refractivity contribution in [1.82, 2.24) is 15.3 Å². The van der Waals surface area contributed by atoms with Crippen molar-refractivity contribution < 1.29 is 13.2 Å². The Bertz CT molecular complexity index is 1210. The maximum atomic E-state index is 13.0. The van der Waals surface area contributed by atoms with Crippen LogP contribution >= 0.6 is 11.6 Å². The van der Waals surface area contributed by atoms with E-state index in [1.807, 2.05) is 12.1 Å². The van der Waals surface area contributed by atoms with Gasteiger partial charge in [0.15, 0.2) is 5.82 Å². The summed E-state index contributed by atoms with van der Waals surface area (Å²) in [5.41, 5.74) is 1.30. The second kappa shape index (κ2) is 8.21. The molecule has 0 saturated heterocycles. The molecule has 1 N–H and O–H groups in total. The first-order valence-electron chi connectivity index (χ1n) is 8.99. The number of carbonyl (C=O) groups excluding carboxylic acids is 1. The number of hydrazone groups is 1. The third-order valence-electron chi connectivity index (χ3n) is 4.34. The van der Waals surface area contributed by atoms with E-state index in [4.69, 9.17) is 11.6 Å². The van der Waals surface area contributed by atoms with E-state index >= 15 is 0 Å². The molecule has 1 aliphatic rings. The maximum absolute atomic E-state index is 13.0. The van der Waals surface area contributed by atoms with E-state index < -0.39 is 20.8 Å². The summed E-state index contributed by atoms with van der Waals surface area (Å²) in [6, 6.07) is 15.0. The summed E-state index contributed by atoms with van der Waals surface area (Å²) in [6.45, 7) is 0.214. The molecule has 8 nitrogen and oxygen atoms in total. The fraction of sp³-hybridized carbons (Fsp3) is 0.100. The Morgan fingerprint density at radius 3 is 2.50 bits per heavy atom. The summed E-state index contributed by atoms with van der Waals surface area (Å²) in [5, 5.41) is 7.98. The molecular formula is C20H16ClN5O3S. The normalized spacial score (nSPS) is 14.6. The Balaban J connectivity index is 1.65. The molecule has 0 fully saturated rings. The summed E-state index contributed by atoms with van der Waals surface area (Å²) in [4.78, 5) is 21.0. The Morgan fingerprint density at radius 1 is 1.00 bits per heavy atom. The largest absolute Gasteiger partial charge is 0.350 e. The van der Waals surface area contributed by atoms with E-state index in [0.717, 1.165) is 5.69 Å². The van der Waals surface area contributed by atoms with Crippen molar-refractivity contribution in [1.29, 1.82) is 0 Å². The number of sulfone groups is 1. The molecule has 0 unspecified atom stereocenters. The average molecular weight is 442 g/mol. The van der Waals surface area contributed by atoms with Gasteiger partial charge in [0, 0.05) is 36.1 Å².